The zero-order valence-corrected chi connectivity index (χ0v) is 17.8. The molecule has 0 spiro atoms. The van der Waals surface area contributed by atoms with E-state index in [4.69, 9.17) is 16.3 Å². The minimum atomic E-state index is -0.524. The molecule has 162 valence electrons. The molecule has 3 aromatic rings. The van der Waals surface area contributed by atoms with Crippen molar-refractivity contribution in [3.8, 4) is 11.3 Å². The molecule has 1 N–H and O–H groups in total. The molecule has 2 aromatic heterocycles. The second-order valence-corrected chi connectivity index (χ2v) is 7.72. The molecule has 3 heterocycles. The number of imidazole rings is 1. The molecule has 1 aliphatic heterocycles. The first-order valence-electron chi connectivity index (χ1n) is 9.92. The van der Waals surface area contributed by atoms with Crippen LogP contribution in [0, 0.1) is 5.82 Å². The number of ether oxygens (including phenoxy) is 1. The molecule has 1 atom stereocenters. The van der Waals surface area contributed by atoms with Gasteiger partial charge in [-0.1, -0.05) is 18.5 Å². The van der Waals surface area contributed by atoms with Gasteiger partial charge in [-0.2, -0.15) is 5.10 Å². The second-order valence-electron chi connectivity index (χ2n) is 7.33. The Hall–Kier alpha value is -3.20. The van der Waals surface area contributed by atoms with Crippen molar-refractivity contribution < 1.29 is 18.7 Å². The Labute approximate surface area is 183 Å². The SMILES string of the molecule is CCc1cc(Cl)nn2cc(-c3ccc(NC(=O)N4CC[C@@H](OC(C)=O)C4)cc3F)nc12. The average Bonchev–Trinajstić information content (AvgIpc) is 3.34. The minimum absolute atomic E-state index is 0.290. The lowest BCUT2D eigenvalue weighted by atomic mass is 10.1. The molecule has 0 bridgehead atoms. The molecule has 31 heavy (non-hydrogen) atoms. The van der Waals surface area contributed by atoms with E-state index in [0.29, 0.717) is 48.1 Å². The van der Waals surface area contributed by atoms with Gasteiger partial charge in [-0.25, -0.2) is 18.7 Å². The molecule has 1 aliphatic rings. The number of likely N-dealkylation sites (tertiary alicyclic amines) is 1. The van der Waals surface area contributed by atoms with Crippen molar-refractivity contribution in [2.24, 2.45) is 0 Å². The van der Waals surface area contributed by atoms with Crippen LogP contribution in [0.5, 0.6) is 0 Å². The van der Waals surface area contributed by atoms with Crippen LogP contribution in [-0.4, -0.2) is 50.7 Å². The molecular formula is C21H21ClFN5O3. The summed E-state index contributed by atoms with van der Waals surface area (Å²) in [4.78, 5) is 29.5. The highest BCUT2D eigenvalue weighted by atomic mass is 35.5. The number of aromatic nitrogens is 3. The molecule has 0 unspecified atom stereocenters. The number of urea groups is 1. The van der Waals surface area contributed by atoms with E-state index >= 15 is 0 Å². The molecule has 1 saturated heterocycles. The monoisotopic (exact) mass is 445 g/mol. The summed E-state index contributed by atoms with van der Waals surface area (Å²) in [7, 11) is 0. The van der Waals surface area contributed by atoms with Gasteiger partial charge in [0.15, 0.2) is 5.65 Å². The molecule has 0 saturated carbocycles. The van der Waals surface area contributed by atoms with E-state index in [2.05, 4.69) is 15.4 Å². The Kier molecular flexibility index (Phi) is 5.77. The number of nitrogens with one attached hydrogen (secondary N) is 1. The minimum Gasteiger partial charge on any atom is -0.461 e. The van der Waals surface area contributed by atoms with Gasteiger partial charge in [-0.05, 0) is 36.2 Å². The van der Waals surface area contributed by atoms with E-state index in [1.807, 2.05) is 6.92 Å². The molecule has 1 aromatic carbocycles. The highest BCUT2D eigenvalue weighted by molar-refractivity contribution is 6.29. The molecular weight excluding hydrogens is 425 g/mol. The number of rotatable bonds is 4. The Bertz CT molecular complexity index is 1170. The van der Waals surface area contributed by atoms with Crippen LogP contribution in [0.3, 0.4) is 0 Å². The van der Waals surface area contributed by atoms with Crippen LogP contribution in [0.2, 0.25) is 5.15 Å². The molecule has 10 heteroatoms. The fourth-order valence-electron chi connectivity index (χ4n) is 3.64. The van der Waals surface area contributed by atoms with Crippen molar-refractivity contribution in [1.82, 2.24) is 19.5 Å². The number of carbonyl (C=O) groups is 2. The first kappa shape index (κ1) is 21.0. The van der Waals surface area contributed by atoms with Crippen LogP contribution in [-0.2, 0) is 16.0 Å². The van der Waals surface area contributed by atoms with Gasteiger partial charge in [0.05, 0.1) is 18.4 Å². The molecule has 4 rings (SSSR count). The predicted molar refractivity (Wildman–Crippen MR) is 114 cm³/mol. The number of aryl methyl sites for hydroxylation is 1. The quantitative estimate of drug-likeness (QED) is 0.615. The number of esters is 1. The van der Waals surface area contributed by atoms with E-state index in [1.54, 1.807) is 28.9 Å². The number of benzene rings is 1. The lowest BCUT2D eigenvalue weighted by molar-refractivity contribution is -0.145. The number of hydrogen-bond donors (Lipinski definition) is 1. The predicted octanol–water partition coefficient (Wildman–Crippen LogP) is 3.92. The van der Waals surface area contributed by atoms with Crippen LogP contribution < -0.4 is 5.32 Å². The Morgan fingerprint density at radius 1 is 1.35 bits per heavy atom. The lowest BCUT2D eigenvalue weighted by Crippen LogP contribution is -2.34. The topological polar surface area (TPSA) is 88.8 Å². The number of amides is 2. The first-order valence-corrected chi connectivity index (χ1v) is 10.3. The highest BCUT2D eigenvalue weighted by Gasteiger charge is 2.28. The standard InChI is InChI=1S/C21H21ClFN5O3/c1-3-13-8-19(22)26-28-11-18(25-20(13)28)16-5-4-14(9-17(16)23)24-21(30)27-7-6-15(10-27)31-12(2)29/h4-5,8-9,11,15H,3,6-7,10H2,1-2H3,(H,24,30)/t15-/m1/s1. The number of fused-ring (bicyclic) bond motifs is 1. The summed E-state index contributed by atoms with van der Waals surface area (Å²) in [6, 6.07) is 5.79. The first-order chi connectivity index (χ1) is 14.8. The molecule has 0 radical (unpaired) electrons. The summed E-state index contributed by atoms with van der Waals surface area (Å²) >= 11 is 6.04. The van der Waals surface area contributed by atoms with Crippen molar-refractivity contribution >= 4 is 34.9 Å². The van der Waals surface area contributed by atoms with Crippen LogP contribution in [0.4, 0.5) is 14.9 Å². The number of halogens is 2. The van der Waals surface area contributed by atoms with E-state index < -0.39 is 5.82 Å². The lowest BCUT2D eigenvalue weighted by Gasteiger charge is -2.17. The third-order valence-electron chi connectivity index (χ3n) is 5.11. The summed E-state index contributed by atoms with van der Waals surface area (Å²) in [5, 5.41) is 7.21. The Balaban J connectivity index is 1.50. The Morgan fingerprint density at radius 3 is 2.87 bits per heavy atom. The van der Waals surface area contributed by atoms with E-state index in [-0.39, 0.29) is 23.7 Å². The number of anilines is 1. The van der Waals surface area contributed by atoms with Crippen molar-refractivity contribution in [3.63, 3.8) is 0 Å². The third-order valence-corrected chi connectivity index (χ3v) is 5.30. The van der Waals surface area contributed by atoms with Crippen molar-refractivity contribution in [2.45, 2.75) is 32.8 Å². The smallest absolute Gasteiger partial charge is 0.321 e. The fraction of sp³-hybridized carbons (Fsp3) is 0.333. The average molecular weight is 446 g/mol. The van der Waals surface area contributed by atoms with Crippen LogP contribution in [0.1, 0.15) is 25.8 Å². The number of hydrogen-bond acceptors (Lipinski definition) is 5. The Morgan fingerprint density at radius 2 is 2.16 bits per heavy atom. The summed E-state index contributed by atoms with van der Waals surface area (Å²) in [6.45, 7) is 4.08. The zero-order valence-electron chi connectivity index (χ0n) is 17.1. The van der Waals surface area contributed by atoms with Gasteiger partial charge in [-0.3, -0.25) is 4.79 Å². The van der Waals surface area contributed by atoms with Gasteiger partial charge in [0.1, 0.15) is 17.1 Å². The van der Waals surface area contributed by atoms with E-state index in [9.17, 15) is 14.0 Å². The zero-order chi connectivity index (χ0) is 22.1. The summed E-state index contributed by atoms with van der Waals surface area (Å²) < 4.78 is 21.5. The van der Waals surface area contributed by atoms with E-state index in [1.165, 1.54) is 17.9 Å². The van der Waals surface area contributed by atoms with Gasteiger partial charge < -0.3 is 15.0 Å². The highest BCUT2D eigenvalue weighted by Crippen LogP contribution is 2.27. The molecule has 1 fully saturated rings. The summed E-state index contributed by atoms with van der Waals surface area (Å²) in [6.07, 6.45) is 2.60. The number of nitrogens with zero attached hydrogens (tertiary/aromatic N) is 4. The normalized spacial score (nSPS) is 16.0. The van der Waals surface area contributed by atoms with Crippen LogP contribution in [0.25, 0.3) is 16.9 Å². The molecule has 8 nitrogen and oxygen atoms in total. The van der Waals surface area contributed by atoms with Gasteiger partial charge in [0.2, 0.25) is 0 Å². The van der Waals surface area contributed by atoms with Crippen molar-refractivity contribution in [1.29, 1.82) is 0 Å². The maximum Gasteiger partial charge on any atom is 0.321 e. The summed E-state index contributed by atoms with van der Waals surface area (Å²) in [5.41, 5.74) is 2.56. The van der Waals surface area contributed by atoms with Gasteiger partial charge in [-0.15, -0.1) is 0 Å². The maximum absolute atomic E-state index is 14.8. The van der Waals surface area contributed by atoms with E-state index in [0.717, 1.165) is 5.56 Å². The fourth-order valence-corrected chi connectivity index (χ4v) is 3.86. The van der Waals surface area contributed by atoms with Gasteiger partial charge >= 0.3 is 12.0 Å². The van der Waals surface area contributed by atoms with Crippen molar-refractivity contribution in [2.75, 3.05) is 18.4 Å². The molecule has 0 aliphatic carbocycles. The maximum atomic E-state index is 14.8. The largest absolute Gasteiger partial charge is 0.461 e. The summed E-state index contributed by atoms with van der Waals surface area (Å²) in [5.74, 6) is -0.898. The van der Waals surface area contributed by atoms with Crippen molar-refractivity contribution in [3.05, 3.63) is 47.0 Å². The second kappa shape index (κ2) is 8.50. The van der Waals surface area contributed by atoms with Gasteiger partial charge in [0, 0.05) is 31.1 Å². The van der Waals surface area contributed by atoms with Gasteiger partial charge in [0.25, 0.3) is 0 Å². The molecule has 2 amide bonds. The number of carbonyl (C=O) groups excluding carboxylic acids is 2. The third kappa shape index (κ3) is 4.46. The van der Waals surface area contributed by atoms with Crippen LogP contribution in [0.15, 0.2) is 30.5 Å². The van der Waals surface area contributed by atoms with Crippen LogP contribution >= 0.6 is 11.6 Å².